The third-order valence-electron chi connectivity index (χ3n) is 2.70. The van der Waals surface area contributed by atoms with Crippen molar-refractivity contribution in [1.82, 2.24) is 5.32 Å². The highest BCUT2D eigenvalue weighted by atomic mass is 16.1. The van der Waals surface area contributed by atoms with E-state index in [0.717, 1.165) is 19.1 Å². The van der Waals surface area contributed by atoms with Crippen LogP contribution in [0.1, 0.15) is 47.0 Å². The maximum Gasteiger partial charge on any atom is 0.120 e. The lowest BCUT2D eigenvalue weighted by atomic mass is 9.75. The maximum atomic E-state index is 10.5. The molecule has 0 aromatic rings. The van der Waals surface area contributed by atoms with E-state index in [-0.39, 0.29) is 11.1 Å². The van der Waals surface area contributed by atoms with Crippen molar-refractivity contribution in [3.8, 4) is 0 Å². The number of aldehydes is 1. The fourth-order valence-corrected chi connectivity index (χ4v) is 2.84. The topological polar surface area (TPSA) is 29.1 Å². The molecule has 1 aliphatic rings. The molecule has 76 valence electrons. The van der Waals surface area contributed by atoms with Crippen LogP contribution in [0, 0.1) is 5.92 Å². The molecule has 1 fully saturated rings. The van der Waals surface area contributed by atoms with Crippen LogP contribution in [0.15, 0.2) is 0 Å². The van der Waals surface area contributed by atoms with Gasteiger partial charge in [-0.3, -0.25) is 0 Å². The molecule has 2 nitrogen and oxygen atoms in total. The summed E-state index contributed by atoms with van der Waals surface area (Å²) in [5.74, 6) is 0.559. The van der Waals surface area contributed by atoms with Gasteiger partial charge in [0.15, 0.2) is 0 Å². The Labute approximate surface area is 81.1 Å². The molecule has 0 amide bonds. The van der Waals surface area contributed by atoms with E-state index in [9.17, 15) is 4.79 Å². The summed E-state index contributed by atoms with van der Waals surface area (Å²) in [6, 6.07) is 0. The molecule has 1 saturated heterocycles. The molecule has 0 aromatic heterocycles. The van der Waals surface area contributed by atoms with Gasteiger partial charge in [0, 0.05) is 17.5 Å². The molecule has 1 rings (SSSR count). The average molecular weight is 183 g/mol. The van der Waals surface area contributed by atoms with E-state index in [1.165, 1.54) is 0 Å². The highest BCUT2D eigenvalue weighted by Crippen LogP contribution is 2.33. The molecule has 0 aromatic carbocycles. The number of nitrogens with one attached hydrogen (secondary N) is 1. The molecule has 0 radical (unpaired) electrons. The van der Waals surface area contributed by atoms with Crippen molar-refractivity contribution in [1.29, 1.82) is 0 Å². The molecule has 2 heteroatoms. The summed E-state index contributed by atoms with van der Waals surface area (Å²) in [7, 11) is 0. The number of rotatable bonds is 2. The quantitative estimate of drug-likeness (QED) is 0.664. The van der Waals surface area contributed by atoms with Crippen LogP contribution < -0.4 is 5.32 Å². The van der Waals surface area contributed by atoms with Gasteiger partial charge in [0.25, 0.3) is 0 Å². The molecule has 0 aliphatic carbocycles. The number of piperidine rings is 1. The summed E-state index contributed by atoms with van der Waals surface area (Å²) in [5.41, 5.74) is 0.352. The van der Waals surface area contributed by atoms with E-state index < -0.39 is 0 Å². The van der Waals surface area contributed by atoms with Crippen molar-refractivity contribution in [2.75, 3.05) is 0 Å². The van der Waals surface area contributed by atoms with Crippen molar-refractivity contribution in [3.63, 3.8) is 0 Å². The Hall–Kier alpha value is -0.370. The fraction of sp³-hybridized carbons (Fsp3) is 0.909. The van der Waals surface area contributed by atoms with Crippen LogP contribution in [0.3, 0.4) is 0 Å². The van der Waals surface area contributed by atoms with Crippen LogP contribution in [0.5, 0.6) is 0 Å². The summed E-state index contributed by atoms with van der Waals surface area (Å²) < 4.78 is 0. The Kier molecular flexibility index (Phi) is 2.81. The highest BCUT2D eigenvalue weighted by molar-refractivity contribution is 5.49. The Balaban J connectivity index is 2.66. The van der Waals surface area contributed by atoms with E-state index in [0.29, 0.717) is 12.3 Å². The minimum absolute atomic E-state index is 0.176. The standard InChI is InChI=1S/C11H21NO/c1-10(2)7-9(5-6-13)8-11(3,4)12-10/h6,9,12H,5,7-8H2,1-4H3. The van der Waals surface area contributed by atoms with Crippen LogP contribution in [0.4, 0.5) is 0 Å². The van der Waals surface area contributed by atoms with Gasteiger partial charge in [-0.1, -0.05) is 0 Å². The van der Waals surface area contributed by atoms with Crippen molar-refractivity contribution in [2.45, 2.75) is 58.0 Å². The zero-order chi connectivity index (χ0) is 10.1. The van der Waals surface area contributed by atoms with Crippen LogP contribution in [-0.2, 0) is 4.79 Å². The minimum atomic E-state index is 0.176. The number of carbonyl (C=O) groups excluding carboxylic acids is 1. The normalized spacial score (nSPS) is 27.1. The van der Waals surface area contributed by atoms with Crippen molar-refractivity contribution in [3.05, 3.63) is 0 Å². The molecule has 0 spiro atoms. The van der Waals surface area contributed by atoms with Gasteiger partial charge in [0.05, 0.1) is 0 Å². The van der Waals surface area contributed by atoms with Crippen LogP contribution in [-0.4, -0.2) is 17.4 Å². The molecule has 1 aliphatic heterocycles. The van der Waals surface area contributed by atoms with Gasteiger partial charge >= 0.3 is 0 Å². The SMILES string of the molecule is CC1(C)CC(CC=O)CC(C)(C)N1. The molecule has 0 atom stereocenters. The lowest BCUT2D eigenvalue weighted by Crippen LogP contribution is -2.57. The third-order valence-corrected chi connectivity index (χ3v) is 2.70. The zero-order valence-corrected chi connectivity index (χ0v) is 9.18. The van der Waals surface area contributed by atoms with Crippen LogP contribution in [0.2, 0.25) is 0 Å². The second-order valence-electron chi connectivity index (χ2n) is 5.57. The fourth-order valence-electron chi connectivity index (χ4n) is 2.84. The molecule has 1 N–H and O–H groups in total. The molecular weight excluding hydrogens is 162 g/mol. The largest absolute Gasteiger partial charge is 0.307 e. The first-order valence-corrected chi connectivity index (χ1v) is 5.08. The van der Waals surface area contributed by atoms with Gasteiger partial charge in [0.2, 0.25) is 0 Å². The first kappa shape index (κ1) is 10.7. The average Bonchev–Trinajstić information content (AvgIpc) is 1.78. The van der Waals surface area contributed by atoms with E-state index in [2.05, 4.69) is 33.0 Å². The van der Waals surface area contributed by atoms with E-state index in [1.807, 2.05) is 0 Å². The number of hydrogen-bond donors (Lipinski definition) is 1. The molecule has 0 saturated carbocycles. The van der Waals surface area contributed by atoms with Gasteiger partial charge < -0.3 is 10.1 Å². The Morgan fingerprint density at radius 2 is 1.69 bits per heavy atom. The summed E-state index contributed by atoms with van der Waals surface area (Å²) in [5, 5.41) is 3.60. The van der Waals surface area contributed by atoms with E-state index in [1.54, 1.807) is 0 Å². The smallest absolute Gasteiger partial charge is 0.120 e. The van der Waals surface area contributed by atoms with Crippen molar-refractivity contribution >= 4 is 6.29 Å². The van der Waals surface area contributed by atoms with Crippen LogP contribution in [0.25, 0.3) is 0 Å². The maximum absolute atomic E-state index is 10.5. The first-order chi connectivity index (χ1) is 5.85. The zero-order valence-electron chi connectivity index (χ0n) is 9.18. The van der Waals surface area contributed by atoms with Gasteiger partial charge in [-0.25, -0.2) is 0 Å². The summed E-state index contributed by atoms with van der Waals surface area (Å²) >= 11 is 0. The summed E-state index contributed by atoms with van der Waals surface area (Å²) in [6.07, 6.45) is 3.99. The van der Waals surface area contributed by atoms with Gasteiger partial charge in [-0.15, -0.1) is 0 Å². The number of carbonyl (C=O) groups is 1. The third kappa shape index (κ3) is 3.11. The monoisotopic (exact) mass is 183 g/mol. The predicted molar refractivity (Wildman–Crippen MR) is 54.7 cm³/mol. The first-order valence-electron chi connectivity index (χ1n) is 5.08. The van der Waals surface area contributed by atoms with E-state index >= 15 is 0 Å². The van der Waals surface area contributed by atoms with Crippen molar-refractivity contribution < 1.29 is 4.79 Å². The lowest BCUT2D eigenvalue weighted by Gasteiger charge is -2.46. The molecule has 13 heavy (non-hydrogen) atoms. The van der Waals surface area contributed by atoms with Gasteiger partial charge in [-0.05, 0) is 46.5 Å². The summed E-state index contributed by atoms with van der Waals surface area (Å²) in [6.45, 7) is 8.86. The minimum Gasteiger partial charge on any atom is -0.307 e. The molecule has 1 heterocycles. The number of hydrogen-bond acceptors (Lipinski definition) is 2. The second-order valence-corrected chi connectivity index (χ2v) is 5.57. The second kappa shape index (κ2) is 3.41. The summed E-state index contributed by atoms with van der Waals surface area (Å²) in [4.78, 5) is 10.5. The Morgan fingerprint density at radius 3 is 2.08 bits per heavy atom. The highest BCUT2D eigenvalue weighted by Gasteiger charge is 2.37. The molecular formula is C11H21NO. The molecule has 0 bridgehead atoms. The Morgan fingerprint density at radius 1 is 1.23 bits per heavy atom. The lowest BCUT2D eigenvalue weighted by molar-refractivity contribution is -0.109. The van der Waals surface area contributed by atoms with Gasteiger partial charge in [-0.2, -0.15) is 0 Å². The predicted octanol–water partition coefficient (Wildman–Crippen LogP) is 2.13. The van der Waals surface area contributed by atoms with E-state index in [4.69, 9.17) is 0 Å². The Bertz CT molecular complexity index is 180. The van der Waals surface area contributed by atoms with Gasteiger partial charge in [0.1, 0.15) is 6.29 Å². The van der Waals surface area contributed by atoms with Crippen molar-refractivity contribution in [2.24, 2.45) is 5.92 Å². The van der Waals surface area contributed by atoms with Crippen LogP contribution >= 0.6 is 0 Å². The molecule has 0 unspecified atom stereocenters.